The van der Waals surface area contributed by atoms with Crippen molar-refractivity contribution in [2.45, 2.75) is 24.8 Å². The minimum atomic E-state index is -0.954. The topological polar surface area (TPSA) is 66.8 Å². The maximum atomic E-state index is 12.6. The van der Waals surface area contributed by atoms with E-state index in [1.807, 2.05) is 6.92 Å². The van der Waals surface area contributed by atoms with Crippen LogP contribution in [0.2, 0.25) is 0 Å². The van der Waals surface area contributed by atoms with E-state index in [4.69, 9.17) is 4.74 Å². The number of thioether (sulfide) groups is 1. The summed E-state index contributed by atoms with van der Waals surface area (Å²) in [5, 5.41) is 9.17. The minimum absolute atomic E-state index is 0.0881. The molecule has 1 heterocycles. The van der Waals surface area contributed by atoms with Crippen molar-refractivity contribution in [2.75, 3.05) is 12.9 Å². The molecule has 1 aromatic rings. The van der Waals surface area contributed by atoms with Gasteiger partial charge in [-0.1, -0.05) is 13.0 Å². The predicted octanol–water partition coefficient (Wildman–Crippen LogP) is 2.07. The van der Waals surface area contributed by atoms with E-state index in [2.05, 4.69) is 0 Å². The SMILES string of the molecule is CCC1SCC(C(=O)O)N1C(=O)c1cccc(OC)c1. The van der Waals surface area contributed by atoms with Gasteiger partial charge in [0.05, 0.1) is 12.5 Å². The van der Waals surface area contributed by atoms with Gasteiger partial charge in [0.25, 0.3) is 5.91 Å². The molecule has 6 heteroatoms. The zero-order valence-electron chi connectivity index (χ0n) is 11.4. The molecule has 0 radical (unpaired) electrons. The lowest BCUT2D eigenvalue weighted by atomic mass is 10.1. The lowest BCUT2D eigenvalue weighted by Gasteiger charge is -2.26. The van der Waals surface area contributed by atoms with Gasteiger partial charge in [0, 0.05) is 11.3 Å². The first-order valence-electron chi connectivity index (χ1n) is 6.39. The molecule has 108 valence electrons. The summed E-state index contributed by atoms with van der Waals surface area (Å²) in [5.74, 6) is -0.190. The highest BCUT2D eigenvalue weighted by Crippen LogP contribution is 2.33. The van der Waals surface area contributed by atoms with Crippen LogP contribution in [0.5, 0.6) is 5.75 Å². The van der Waals surface area contributed by atoms with Crippen molar-refractivity contribution in [1.82, 2.24) is 4.90 Å². The molecular formula is C14H17NO4S. The molecule has 1 aromatic carbocycles. The average molecular weight is 295 g/mol. The normalized spacial score (nSPS) is 21.8. The van der Waals surface area contributed by atoms with Crippen LogP contribution in [-0.2, 0) is 4.79 Å². The van der Waals surface area contributed by atoms with Crippen molar-refractivity contribution >= 4 is 23.6 Å². The fourth-order valence-electron chi connectivity index (χ4n) is 2.25. The molecule has 2 rings (SSSR count). The summed E-state index contributed by atoms with van der Waals surface area (Å²) in [5.41, 5.74) is 0.455. The summed E-state index contributed by atoms with van der Waals surface area (Å²) in [6.45, 7) is 1.95. The number of amides is 1. The second kappa shape index (κ2) is 6.17. The van der Waals surface area contributed by atoms with Gasteiger partial charge in [-0.05, 0) is 24.6 Å². The smallest absolute Gasteiger partial charge is 0.327 e. The molecular weight excluding hydrogens is 278 g/mol. The van der Waals surface area contributed by atoms with Crippen LogP contribution in [-0.4, -0.2) is 46.2 Å². The number of hydrogen-bond donors (Lipinski definition) is 1. The number of methoxy groups -OCH3 is 1. The molecule has 1 aliphatic rings. The quantitative estimate of drug-likeness (QED) is 0.921. The van der Waals surface area contributed by atoms with Crippen molar-refractivity contribution in [2.24, 2.45) is 0 Å². The summed E-state index contributed by atoms with van der Waals surface area (Å²) in [6, 6.07) is 6.04. The number of benzene rings is 1. The summed E-state index contributed by atoms with van der Waals surface area (Å²) in [4.78, 5) is 25.4. The summed E-state index contributed by atoms with van der Waals surface area (Å²) in [7, 11) is 1.53. The Balaban J connectivity index is 2.30. The fraction of sp³-hybridized carbons (Fsp3) is 0.429. The zero-order valence-corrected chi connectivity index (χ0v) is 12.2. The molecule has 0 aliphatic carbocycles. The van der Waals surface area contributed by atoms with E-state index in [9.17, 15) is 14.7 Å². The van der Waals surface area contributed by atoms with E-state index in [1.165, 1.54) is 23.8 Å². The Labute approximate surface area is 121 Å². The number of carbonyl (C=O) groups excluding carboxylic acids is 1. The average Bonchev–Trinajstić information content (AvgIpc) is 2.90. The highest BCUT2D eigenvalue weighted by molar-refractivity contribution is 8.00. The van der Waals surface area contributed by atoms with Crippen LogP contribution in [0, 0.1) is 0 Å². The molecule has 2 unspecified atom stereocenters. The van der Waals surface area contributed by atoms with E-state index in [1.54, 1.807) is 24.3 Å². The van der Waals surface area contributed by atoms with E-state index in [-0.39, 0.29) is 11.3 Å². The highest BCUT2D eigenvalue weighted by atomic mass is 32.2. The molecule has 5 nitrogen and oxygen atoms in total. The Morgan fingerprint density at radius 2 is 2.25 bits per heavy atom. The molecule has 2 atom stereocenters. The van der Waals surface area contributed by atoms with Crippen LogP contribution in [0.3, 0.4) is 0 Å². The number of rotatable bonds is 4. The molecule has 1 N–H and O–H groups in total. The lowest BCUT2D eigenvalue weighted by Crippen LogP contribution is -2.45. The third-order valence-electron chi connectivity index (χ3n) is 3.28. The van der Waals surface area contributed by atoms with Crippen LogP contribution < -0.4 is 4.74 Å². The number of ether oxygens (including phenoxy) is 1. The largest absolute Gasteiger partial charge is 0.497 e. The van der Waals surface area contributed by atoms with Crippen LogP contribution in [0.1, 0.15) is 23.7 Å². The Morgan fingerprint density at radius 1 is 1.50 bits per heavy atom. The minimum Gasteiger partial charge on any atom is -0.497 e. The number of nitrogens with zero attached hydrogens (tertiary/aromatic N) is 1. The van der Waals surface area contributed by atoms with E-state index in [0.29, 0.717) is 17.1 Å². The standard InChI is InChI=1S/C14H17NO4S/c1-3-12-15(11(8-20-12)14(17)18)13(16)9-5-4-6-10(7-9)19-2/h4-7,11-12H,3,8H2,1-2H3,(H,17,18). The lowest BCUT2D eigenvalue weighted by molar-refractivity contribution is -0.141. The van der Waals surface area contributed by atoms with E-state index < -0.39 is 12.0 Å². The molecule has 0 spiro atoms. The highest BCUT2D eigenvalue weighted by Gasteiger charge is 2.41. The van der Waals surface area contributed by atoms with Crippen molar-refractivity contribution in [3.05, 3.63) is 29.8 Å². The summed E-state index contributed by atoms with van der Waals surface area (Å²) >= 11 is 1.51. The monoisotopic (exact) mass is 295 g/mol. The summed E-state index contributed by atoms with van der Waals surface area (Å²) < 4.78 is 5.10. The third-order valence-corrected chi connectivity index (χ3v) is 4.73. The van der Waals surface area contributed by atoms with Gasteiger partial charge in [0.15, 0.2) is 0 Å². The van der Waals surface area contributed by atoms with Crippen molar-refractivity contribution in [3.8, 4) is 5.75 Å². The first kappa shape index (κ1) is 14.7. The zero-order chi connectivity index (χ0) is 14.7. The molecule has 1 saturated heterocycles. The van der Waals surface area contributed by atoms with Crippen molar-refractivity contribution in [1.29, 1.82) is 0 Å². The van der Waals surface area contributed by atoms with Gasteiger partial charge in [-0.3, -0.25) is 4.79 Å². The van der Waals surface area contributed by atoms with Gasteiger partial charge in [-0.2, -0.15) is 0 Å². The molecule has 20 heavy (non-hydrogen) atoms. The Morgan fingerprint density at radius 3 is 2.85 bits per heavy atom. The molecule has 1 fully saturated rings. The Kier molecular flexibility index (Phi) is 4.54. The van der Waals surface area contributed by atoms with Gasteiger partial charge in [-0.15, -0.1) is 11.8 Å². The first-order valence-corrected chi connectivity index (χ1v) is 7.44. The second-order valence-corrected chi connectivity index (χ2v) is 5.71. The van der Waals surface area contributed by atoms with Crippen LogP contribution in [0.25, 0.3) is 0 Å². The molecule has 0 aromatic heterocycles. The van der Waals surface area contributed by atoms with Gasteiger partial charge >= 0.3 is 5.97 Å². The number of carbonyl (C=O) groups is 2. The van der Waals surface area contributed by atoms with Gasteiger partial charge in [0.1, 0.15) is 11.8 Å². The van der Waals surface area contributed by atoms with Gasteiger partial charge < -0.3 is 14.7 Å². The number of aliphatic carboxylic acids is 1. The van der Waals surface area contributed by atoms with Crippen molar-refractivity contribution < 1.29 is 19.4 Å². The Hall–Kier alpha value is -1.69. The van der Waals surface area contributed by atoms with Crippen LogP contribution in [0.15, 0.2) is 24.3 Å². The Bertz CT molecular complexity index is 520. The van der Waals surface area contributed by atoms with Crippen LogP contribution in [0.4, 0.5) is 0 Å². The molecule has 0 bridgehead atoms. The number of carboxylic acids is 1. The number of carboxylic acid groups (broad SMARTS) is 1. The van der Waals surface area contributed by atoms with Gasteiger partial charge in [0.2, 0.25) is 0 Å². The molecule has 0 saturated carbocycles. The summed E-state index contributed by atoms with van der Waals surface area (Å²) in [6.07, 6.45) is 0.726. The van der Waals surface area contributed by atoms with Crippen molar-refractivity contribution in [3.63, 3.8) is 0 Å². The van der Waals surface area contributed by atoms with E-state index in [0.717, 1.165) is 6.42 Å². The maximum absolute atomic E-state index is 12.6. The fourth-order valence-corrected chi connectivity index (χ4v) is 3.59. The number of hydrogen-bond acceptors (Lipinski definition) is 4. The predicted molar refractivity (Wildman–Crippen MR) is 77.1 cm³/mol. The second-order valence-electron chi connectivity index (χ2n) is 4.49. The first-order chi connectivity index (χ1) is 9.58. The van der Waals surface area contributed by atoms with E-state index >= 15 is 0 Å². The third kappa shape index (κ3) is 2.75. The van der Waals surface area contributed by atoms with Crippen LogP contribution >= 0.6 is 11.8 Å². The molecule has 1 amide bonds. The molecule has 1 aliphatic heterocycles. The van der Waals surface area contributed by atoms with Gasteiger partial charge in [-0.25, -0.2) is 4.79 Å². The maximum Gasteiger partial charge on any atom is 0.327 e.